The van der Waals surface area contributed by atoms with Gasteiger partial charge >= 0.3 is 0 Å². The highest BCUT2D eigenvalue weighted by Crippen LogP contribution is 2.06. The third-order valence-electron chi connectivity index (χ3n) is 3.17. The van der Waals surface area contributed by atoms with E-state index in [9.17, 15) is 9.59 Å². The summed E-state index contributed by atoms with van der Waals surface area (Å²) < 4.78 is 0. The second kappa shape index (κ2) is 7.04. The van der Waals surface area contributed by atoms with Crippen LogP contribution in [0.2, 0.25) is 0 Å². The summed E-state index contributed by atoms with van der Waals surface area (Å²) in [6.07, 6.45) is 1.61. The number of nitrogens with one attached hydrogen (secondary N) is 2. The molecule has 1 aromatic rings. The van der Waals surface area contributed by atoms with Crippen molar-refractivity contribution in [2.75, 3.05) is 13.2 Å². The molecule has 1 unspecified atom stereocenters. The fourth-order valence-corrected chi connectivity index (χ4v) is 1.73. The monoisotopic (exact) mass is 267 g/mol. The highest BCUT2D eigenvalue weighted by Gasteiger charge is 2.15. The first kappa shape index (κ1) is 15.4. The predicted molar refractivity (Wildman–Crippen MR) is 72.1 cm³/mol. The number of amides is 1. The number of H-pyrrole nitrogens is 1. The van der Waals surface area contributed by atoms with Crippen LogP contribution in [0.5, 0.6) is 0 Å². The minimum absolute atomic E-state index is 0.128. The predicted octanol–water partition coefficient (Wildman–Crippen LogP) is 0.525. The first-order chi connectivity index (χ1) is 8.97. The average Bonchev–Trinajstić information content (AvgIpc) is 2.39. The van der Waals surface area contributed by atoms with Crippen molar-refractivity contribution in [2.45, 2.75) is 33.6 Å². The van der Waals surface area contributed by atoms with Gasteiger partial charge in [0.1, 0.15) is 5.56 Å². The minimum Gasteiger partial charge on any atom is -0.396 e. The lowest BCUT2D eigenvalue weighted by molar-refractivity contribution is 0.0949. The summed E-state index contributed by atoms with van der Waals surface area (Å²) in [4.78, 5) is 23.6. The van der Waals surface area contributed by atoms with Gasteiger partial charge in [-0.1, -0.05) is 6.92 Å². The van der Waals surface area contributed by atoms with Crippen molar-refractivity contribution in [3.8, 4) is 0 Å². The van der Waals surface area contributed by atoms with E-state index in [1.54, 1.807) is 13.8 Å². The zero-order chi connectivity index (χ0) is 14.4. The molecule has 0 spiro atoms. The number of hydrogen-bond acceptors (Lipinski definition) is 4. The van der Waals surface area contributed by atoms with Crippen molar-refractivity contribution in [3.05, 3.63) is 27.2 Å². The Kier molecular flexibility index (Phi) is 5.69. The van der Waals surface area contributed by atoms with Gasteiger partial charge in [0.05, 0.1) is 5.69 Å². The third-order valence-corrected chi connectivity index (χ3v) is 3.17. The van der Waals surface area contributed by atoms with Crippen LogP contribution < -0.4 is 10.9 Å². The highest BCUT2D eigenvalue weighted by atomic mass is 16.3. The van der Waals surface area contributed by atoms with Gasteiger partial charge in [-0.2, -0.15) is 5.10 Å². The fraction of sp³-hybridized carbons (Fsp3) is 0.615. The summed E-state index contributed by atoms with van der Waals surface area (Å²) in [7, 11) is 0. The summed E-state index contributed by atoms with van der Waals surface area (Å²) in [6, 6.07) is 0. The number of carbonyl (C=O) groups excluding carboxylic acids is 1. The second-order valence-corrected chi connectivity index (χ2v) is 4.82. The molecule has 0 aliphatic heterocycles. The smallest absolute Gasteiger partial charge is 0.277 e. The van der Waals surface area contributed by atoms with Crippen molar-refractivity contribution in [1.29, 1.82) is 0 Å². The van der Waals surface area contributed by atoms with Crippen LogP contribution in [0.4, 0.5) is 0 Å². The SMILES string of the molecule is Cc1n[nH]c(=O)c(C(=O)NCCCC(C)CO)c1C. The maximum Gasteiger partial charge on any atom is 0.277 e. The van der Waals surface area contributed by atoms with E-state index >= 15 is 0 Å². The van der Waals surface area contributed by atoms with Crippen molar-refractivity contribution < 1.29 is 9.90 Å². The quantitative estimate of drug-likeness (QED) is 0.655. The Balaban J connectivity index is 2.60. The van der Waals surface area contributed by atoms with Gasteiger partial charge in [-0.05, 0) is 38.2 Å². The van der Waals surface area contributed by atoms with Crippen LogP contribution in [0.1, 0.15) is 41.4 Å². The first-order valence-electron chi connectivity index (χ1n) is 6.42. The molecule has 1 amide bonds. The van der Waals surface area contributed by atoms with E-state index in [1.807, 2.05) is 6.92 Å². The number of aromatic amines is 1. The van der Waals surface area contributed by atoms with Crippen LogP contribution in [-0.2, 0) is 0 Å². The Morgan fingerprint density at radius 1 is 1.47 bits per heavy atom. The summed E-state index contributed by atoms with van der Waals surface area (Å²) >= 11 is 0. The Morgan fingerprint density at radius 3 is 2.79 bits per heavy atom. The molecule has 1 rings (SSSR count). The summed E-state index contributed by atoms with van der Waals surface area (Å²) in [5, 5.41) is 17.7. The molecule has 106 valence electrons. The number of nitrogens with zero attached hydrogens (tertiary/aromatic N) is 1. The molecule has 0 radical (unpaired) electrons. The molecule has 1 heterocycles. The molecule has 0 saturated heterocycles. The molecule has 1 aromatic heterocycles. The van der Waals surface area contributed by atoms with Gasteiger partial charge in [-0.25, -0.2) is 5.10 Å². The number of aryl methyl sites for hydroxylation is 1. The van der Waals surface area contributed by atoms with Gasteiger partial charge < -0.3 is 10.4 Å². The van der Waals surface area contributed by atoms with Crippen molar-refractivity contribution in [3.63, 3.8) is 0 Å². The molecule has 19 heavy (non-hydrogen) atoms. The maximum atomic E-state index is 11.9. The van der Waals surface area contributed by atoms with E-state index in [2.05, 4.69) is 15.5 Å². The van der Waals surface area contributed by atoms with E-state index in [0.717, 1.165) is 12.8 Å². The standard InChI is InChI=1S/C13H21N3O3/c1-8(7-17)5-4-6-14-12(18)11-9(2)10(3)15-16-13(11)19/h8,17H,4-7H2,1-3H3,(H,14,18)(H,16,19). The molecule has 0 saturated carbocycles. The van der Waals surface area contributed by atoms with E-state index < -0.39 is 5.56 Å². The largest absolute Gasteiger partial charge is 0.396 e. The van der Waals surface area contributed by atoms with E-state index in [1.165, 1.54) is 0 Å². The number of rotatable bonds is 6. The van der Waals surface area contributed by atoms with Crippen LogP contribution in [0.25, 0.3) is 0 Å². The molecule has 0 aliphatic carbocycles. The number of carbonyl (C=O) groups is 1. The zero-order valence-electron chi connectivity index (χ0n) is 11.6. The van der Waals surface area contributed by atoms with Crippen LogP contribution >= 0.6 is 0 Å². The van der Waals surface area contributed by atoms with Gasteiger partial charge in [-0.15, -0.1) is 0 Å². The topological polar surface area (TPSA) is 95.1 Å². The van der Waals surface area contributed by atoms with Crippen molar-refractivity contribution in [1.82, 2.24) is 15.5 Å². The van der Waals surface area contributed by atoms with Crippen LogP contribution in [-0.4, -0.2) is 34.4 Å². The Hall–Kier alpha value is -1.69. The Morgan fingerprint density at radius 2 is 2.16 bits per heavy atom. The molecule has 0 aromatic carbocycles. The molecule has 0 aliphatic rings. The lowest BCUT2D eigenvalue weighted by Crippen LogP contribution is -2.32. The molecule has 6 heteroatoms. The zero-order valence-corrected chi connectivity index (χ0v) is 11.6. The number of aliphatic hydroxyl groups excluding tert-OH is 1. The van der Waals surface area contributed by atoms with E-state index in [4.69, 9.17) is 5.11 Å². The molecular weight excluding hydrogens is 246 g/mol. The molecule has 6 nitrogen and oxygen atoms in total. The fourth-order valence-electron chi connectivity index (χ4n) is 1.73. The van der Waals surface area contributed by atoms with Gasteiger partial charge in [0.25, 0.3) is 11.5 Å². The van der Waals surface area contributed by atoms with Crippen LogP contribution in [0, 0.1) is 19.8 Å². The van der Waals surface area contributed by atoms with Crippen molar-refractivity contribution in [2.24, 2.45) is 5.92 Å². The van der Waals surface area contributed by atoms with Gasteiger partial charge in [-0.3, -0.25) is 9.59 Å². The lowest BCUT2D eigenvalue weighted by atomic mass is 10.1. The van der Waals surface area contributed by atoms with Gasteiger partial charge in [0.15, 0.2) is 0 Å². The number of aliphatic hydroxyl groups is 1. The molecule has 0 bridgehead atoms. The van der Waals surface area contributed by atoms with Crippen LogP contribution in [0.15, 0.2) is 4.79 Å². The van der Waals surface area contributed by atoms with E-state index in [-0.39, 0.29) is 24.0 Å². The molecule has 3 N–H and O–H groups in total. The summed E-state index contributed by atoms with van der Waals surface area (Å²) in [5.74, 6) is -0.147. The normalized spacial score (nSPS) is 12.2. The van der Waals surface area contributed by atoms with Crippen LogP contribution in [0.3, 0.4) is 0 Å². The third kappa shape index (κ3) is 4.17. The summed E-state index contributed by atoms with van der Waals surface area (Å²) in [5.41, 5.74) is 0.899. The molecule has 1 atom stereocenters. The van der Waals surface area contributed by atoms with Gasteiger partial charge in [0, 0.05) is 13.2 Å². The number of hydrogen-bond donors (Lipinski definition) is 3. The first-order valence-corrected chi connectivity index (χ1v) is 6.42. The van der Waals surface area contributed by atoms with Crippen molar-refractivity contribution >= 4 is 5.91 Å². The second-order valence-electron chi connectivity index (χ2n) is 4.82. The molecular formula is C13H21N3O3. The average molecular weight is 267 g/mol. The Labute approximate surface area is 112 Å². The highest BCUT2D eigenvalue weighted by molar-refractivity contribution is 5.95. The maximum absolute atomic E-state index is 11.9. The minimum atomic E-state index is -0.468. The Bertz CT molecular complexity index is 496. The summed E-state index contributed by atoms with van der Waals surface area (Å²) in [6.45, 7) is 6.04. The lowest BCUT2D eigenvalue weighted by Gasteiger charge is -2.09. The number of aromatic nitrogens is 2. The van der Waals surface area contributed by atoms with Gasteiger partial charge in [0.2, 0.25) is 0 Å². The van der Waals surface area contributed by atoms with E-state index in [0.29, 0.717) is 17.8 Å². The molecule has 0 fully saturated rings.